The van der Waals surface area contributed by atoms with Gasteiger partial charge < -0.3 is 4.74 Å². The summed E-state index contributed by atoms with van der Waals surface area (Å²) in [5.74, 6) is -2.66. The first kappa shape index (κ1) is 19.2. The van der Waals surface area contributed by atoms with Gasteiger partial charge in [0, 0.05) is 6.92 Å². The summed E-state index contributed by atoms with van der Waals surface area (Å²) in [7, 11) is 0. The standard InChI is InChI=1S/C23H19N3O5/c1-12(27)20-18-19(21-17-6-4-3-5-14(17)11-24-26(20)21)23(30)25(22(18)29)15-7-9-16(10-8-15)31-13(2)28/h3-11,18-21H,1-2H3/t18-,19+,20+,21-/m1/s1. The van der Waals surface area contributed by atoms with Gasteiger partial charge in [0.2, 0.25) is 11.8 Å². The van der Waals surface area contributed by atoms with Crippen LogP contribution in [0.1, 0.15) is 31.0 Å². The SMILES string of the molecule is CC(=O)Oc1ccc(N2C(=O)[C@@H]3[C@H](C2=O)[C@H]2c4ccccc4C=NN2[C@H]3C(C)=O)cc1. The average Bonchev–Trinajstić information content (AvgIpc) is 3.21. The normalized spacial score (nSPS) is 25.9. The first-order valence-electron chi connectivity index (χ1n) is 9.96. The van der Waals surface area contributed by atoms with Crippen molar-refractivity contribution in [3.63, 3.8) is 0 Å². The molecule has 2 aromatic carbocycles. The number of rotatable bonds is 3. The number of ether oxygens (including phenoxy) is 1. The number of Topliss-reactive ketones (excluding diaryl/α,β-unsaturated/α-hetero) is 1. The van der Waals surface area contributed by atoms with E-state index in [1.54, 1.807) is 23.4 Å². The van der Waals surface area contributed by atoms with Crippen molar-refractivity contribution in [2.75, 3.05) is 4.90 Å². The Balaban J connectivity index is 1.56. The minimum Gasteiger partial charge on any atom is -0.427 e. The van der Waals surface area contributed by atoms with E-state index in [1.165, 1.54) is 26.0 Å². The molecule has 0 aromatic heterocycles. The molecule has 2 aromatic rings. The lowest BCUT2D eigenvalue weighted by Gasteiger charge is -2.33. The Labute approximate surface area is 178 Å². The monoisotopic (exact) mass is 417 g/mol. The number of esters is 1. The van der Waals surface area contributed by atoms with Crippen LogP contribution in [0.3, 0.4) is 0 Å². The summed E-state index contributed by atoms with van der Waals surface area (Å²) in [6, 6.07) is 12.5. The number of amides is 2. The van der Waals surface area contributed by atoms with Gasteiger partial charge in [0.1, 0.15) is 11.8 Å². The van der Waals surface area contributed by atoms with E-state index in [4.69, 9.17) is 4.74 Å². The summed E-state index contributed by atoms with van der Waals surface area (Å²) < 4.78 is 5.02. The van der Waals surface area contributed by atoms with Gasteiger partial charge >= 0.3 is 5.97 Å². The lowest BCUT2D eigenvalue weighted by molar-refractivity contribution is -0.132. The molecule has 0 bridgehead atoms. The maximum Gasteiger partial charge on any atom is 0.308 e. The number of hydrogen-bond acceptors (Lipinski definition) is 7. The highest BCUT2D eigenvalue weighted by Crippen LogP contribution is 2.52. The minimum absolute atomic E-state index is 0.206. The zero-order valence-electron chi connectivity index (χ0n) is 16.9. The van der Waals surface area contributed by atoms with Gasteiger partial charge in [-0.1, -0.05) is 24.3 Å². The van der Waals surface area contributed by atoms with Crippen molar-refractivity contribution in [2.24, 2.45) is 16.9 Å². The van der Waals surface area contributed by atoms with Crippen molar-refractivity contribution in [3.05, 3.63) is 59.7 Å². The Hall–Kier alpha value is -3.81. The van der Waals surface area contributed by atoms with E-state index < -0.39 is 35.8 Å². The number of nitrogens with zero attached hydrogens (tertiary/aromatic N) is 3. The highest BCUT2D eigenvalue weighted by molar-refractivity contribution is 6.24. The van der Waals surface area contributed by atoms with Crippen LogP contribution in [0.2, 0.25) is 0 Å². The van der Waals surface area contributed by atoms with E-state index in [0.29, 0.717) is 11.4 Å². The molecule has 0 radical (unpaired) electrons. The van der Waals surface area contributed by atoms with Crippen molar-refractivity contribution in [1.29, 1.82) is 0 Å². The van der Waals surface area contributed by atoms with Gasteiger partial charge in [0.05, 0.1) is 29.8 Å². The number of fused-ring (bicyclic) bond motifs is 5. The van der Waals surface area contributed by atoms with E-state index >= 15 is 0 Å². The fraction of sp³-hybridized carbons (Fsp3) is 0.261. The molecule has 4 atom stereocenters. The Morgan fingerprint density at radius 3 is 2.29 bits per heavy atom. The summed E-state index contributed by atoms with van der Waals surface area (Å²) in [4.78, 5) is 51.8. The average molecular weight is 417 g/mol. The molecule has 156 valence electrons. The van der Waals surface area contributed by atoms with E-state index in [-0.39, 0.29) is 11.7 Å². The largest absolute Gasteiger partial charge is 0.427 e. The van der Waals surface area contributed by atoms with Crippen molar-refractivity contribution >= 4 is 35.5 Å². The number of hydrazone groups is 1. The van der Waals surface area contributed by atoms with Crippen LogP contribution >= 0.6 is 0 Å². The van der Waals surface area contributed by atoms with Gasteiger partial charge in [-0.3, -0.25) is 24.2 Å². The number of anilines is 1. The highest BCUT2D eigenvalue weighted by Gasteiger charge is 2.64. The Morgan fingerprint density at radius 2 is 1.61 bits per heavy atom. The Bertz CT molecular complexity index is 1160. The lowest BCUT2D eigenvalue weighted by Crippen LogP contribution is -2.43. The van der Waals surface area contributed by atoms with Gasteiger partial charge in [-0.25, -0.2) is 4.90 Å². The van der Waals surface area contributed by atoms with Crippen LogP contribution in [0.4, 0.5) is 5.69 Å². The van der Waals surface area contributed by atoms with Crippen molar-refractivity contribution < 1.29 is 23.9 Å². The zero-order valence-corrected chi connectivity index (χ0v) is 16.9. The second-order valence-corrected chi connectivity index (χ2v) is 7.90. The highest BCUT2D eigenvalue weighted by atomic mass is 16.5. The van der Waals surface area contributed by atoms with Crippen LogP contribution in [-0.4, -0.2) is 40.8 Å². The van der Waals surface area contributed by atoms with Crippen LogP contribution in [0.25, 0.3) is 0 Å². The molecule has 0 N–H and O–H groups in total. The van der Waals surface area contributed by atoms with Crippen LogP contribution in [0, 0.1) is 11.8 Å². The molecule has 8 nitrogen and oxygen atoms in total. The van der Waals surface area contributed by atoms with E-state index in [1.807, 2.05) is 24.3 Å². The number of carbonyl (C=O) groups excluding carboxylic acids is 4. The molecule has 2 saturated heterocycles. The maximum absolute atomic E-state index is 13.5. The molecule has 0 spiro atoms. The molecule has 3 aliphatic rings. The number of ketones is 1. The van der Waals surface area contributed by atoms with Crippen LogP contribution in [0.15, 0.2) is 53.6 Å². The summed E-state index contributed by atoms with van der Waals surface area (Å²) in [5, 5.41) is 6.06. The molecule has 0 aliphatic carbocycles. The second-order valence-electron chi connectivity index (χ2n) is 7.90. The molecule has 2 fully saturated rings. The lowest BCUT2D eigenvalue weighted by atomic mass is 9.84. The fourth-order valence-electron chi connectivity index (χ4n) is 4.91. The van der Waals surface area contributed by atoms with Gasteiger partial charge in [0.25, 0.3) is 0 Å². The maximum atomic E-state index is 13.5. The molecule has 2 amide bonds. The number of imide groups is 1. The summed E-state index contributed by atoms with van der Waals surface area (Å²) in [6.45, 7) is 2.72. The molecule has 31 heavy (non-hydrogen) atoms. The number of carbonyl (C=O) groups is 4. The molecule has 0 unspecified atom stereocenters. The molecule has 3 aliphatic heterocycles. The minimum atomic E-state index is -0.813. The zero-order chi connectivity index (χ0) is 21.9. The molecule has 3 heterocycles. The number of benzene rings is 2. The van der Waals surface area contributed by atoms with Crippen LogP contribution in [0.5, 0.6) is 5.75 Å². The first-order chi connectivity index (χ1) is 14.9. The van der Waals surface area contributed by atoms with E-state index in [2.05, 4.69) is 5.10 Å². The Morgan fingerprint density at radius 1 is 0.935 bits per heavy atom. The third kappa shape index (κ3) is 2.78. The quantitative estimate of drug-likeness (QED) is 0.431. The first-order valence-corrected chi connectivity index (χ1v) is 9.96. The van der Waals surface area contributed by atoms with Gasteiger partial charge in [0.15, 0.2) is 5.78 Å². The topological polar surface area (TPSA) is 96.3 Å². The van der Waals surface area contributed by atoms with Crippen LogP contribution in [-0.2, 0) is 19.2 Å². The molecular formula is C23H19N3O5. The van der Waals surface area contributed by atoms with Crippen molar-refractivity contribution in [1.82, 2.24) is 5.01 Å². The third-order valence-electron chi connectivity index (χ3n) is 6.07. The fourth-order valence-corrected chi connectivity index (χ4v) is 4.91. The van der Waals surface area contributed by atoms with E-state index in [0.717, 1.165) is 16.0 Å². The Kier molecular flexibility index (Phi) is 4.25. The van der Waals surface area contributed by atoms with Gasteiger partial charge in [-0.2, -0.15) is 5.10 Å². The predicted molar refractivity (Wildman–Crippen MR) is 110 cm³/mol. The predicted octanol–water partition coefficient (Wildman–Crippen LogP) is 2.08. The number of hydrogen-bond donors (Lipinski definition) is 0. The van der Waals surface area contributed by atoms with Gasteiger partial charge in [-0.15, -0.1) is 0 Å². The molecular weight excluding hydrogens is 398 g/mol. The summed E-state index contributed by atoms with van der Waals surface area (Å²) in [5.41, 5.74) is 2.13. The third-order valence-corrected chi connectivity index (χ3v) is 6.07. The molecule has 8 heteroatoms. The van der Waals surface area contributed by atoms with E-state index in [9.17, 15) is 19.2 Å². The summed E-state index contributed by atoms with van der Waals surface area (Å²) in [6.07, 6.45) is 1.67. The molecule has 0 saturated carbocycles. The van der Waals surface area contributed by atoms with Crippen LogP contribution < -0.4 is 9.64 Å². The van der Waals surface area contributed by atoms with Crippen molar-refractivity contribution in [3.8, 4) is 5.75 Å². The molecule has 5 rings (SSSR count). The second kappa shape index (κ2) is 6.87. The van der Waals surface area contributed by atoms with Crippen molar-refractivity contribution in [2.45, 2.75) is 25.9 Å². The van der Waals surface area contributed by atoms with Gasteiger partial charge in [-0.05, 0) is 42.3 Å². The smallest absolute Gasteiger partial charge is 0.308 e. The summed E-state index contributed by atoms with van der Waals surface area (Å²) >= 11 is 0.